The maximum absolute atomic E-state index is 14.3. The Kier molecular flexibility index (Phi) is 27.1. The third-order valence-electron chi connectivity index (χ3n) is 26.8. The molecule has 5 fully saturated rings. The third-order valence-corrected chi connectivity index (χ3v) is 26.8. The van der Waals surface area contributed by atoms with E-state index < -0.39 is 0 Å². The molecule has 0 unspecified atom stereocenters. The first-order valence-corrected chi connectivity index (χ1v) is 48.7. The number of anilines is 5. The molecule has 5 N–H and O–H groups in total. The third kappa shape index (κ3) is 19.4. The molecule has 0 aliphatic carbocycles. The summed E-state index contributed by atoms with van der Waals surface area (Å²) < 4.78 is 51.7. The summed E-state index contributed by atoms with van der Waals surface area (Å²) >= 11 is 0. The summed E-state index contributed by atoms with van der Waals surface area (Å²) in [6.45, 7) is 28.9. The molecule has 5 aliphatic heterocycles. The predicted molar refractivity (Wildman–Crippen MR) is 553 cm³/mol. The van der Waals surface area contributed by atoms with Crippen LogP contribution in [-0.4, -0.2) is 268 Å². The second kappa shape index (κ2) is 41.5. The number of nitrogens with zero attached hydrogens (tertiary/aromatic N) is 28. The van der Waals surface area contributed by atoms with Gasteiger partial charge in [-0.2, -0.15) is 25.5 Å². The van der Waals surface area contributed by atoms with E-state index in [1.165, 1.54) is 12.1 Å². The van der Waals surface area contributed by atoms with Crippen LogP contribution in [0.5, 0.6) is 0 Å². The summed E-state index contributed by atoms with van der Waals surface area (Å²) in [6, 6.07) is 44.4. The highest BCUT2D eigenvalue weighted by Gasteiger charge is 2.32. The molecule has 5 saturated heterocycles. The van der Waals surface area contributed by atoms with E-state index in [-0.39, 0.29) is 36.0 Å². The molecule has 5 atom stereocenters. The van der Waals surface area contributed by atoms with Crippen molar-refractivity contribution in [2.24, 2.45) is 21.1 Å². The van der Waals surface area contributed by atoms with E-state index >= 15 is 0 Å². The first-order valence-electron chi connectivity index (χ1n) is 48.7. The zero-order valence-electron chi connectivity index (χ0n) is 82.1. The first kappa shape index (κ1) is 94.0. The normalized spacial score (nSPS) is 17.2. The lowest BCUT2D eigenvalue weighted by Gasteiger charge is -2.33. The smallest absolute Gasteiger partial charge is 0.226 e. The second-order valence-corrected chi connectivity index (χ2v) is 36.3. The number of hydrogen-bond donors (Lipinski definition) is 5. The Morgan fingerprint density at radius 3 is 0.993 bits per heavy atom. The van der Waals surface area contributed by atoms with Crippen LogP contribution in [0.4, 0.5) is 34.1 Å². The molecule has 2 aromatic carbocycles. The number of pyridine rings is 3. The molecule has 38 nitrogen and oxygen atoms in total. The van der Waals surface area contributed by atoms with E-state index in [1.807, 2.05) is 193 Å². The van der Waals surface area contributed by atoms with Gasteiger partial charge in [0.2, 0.25) is 29.7 Å². The lowest BCUT2D eigenvalue weighted by Crippen LogP contribution is -2.44. The number of halogens is 1. The van der Waals surface area contributed by atoms with Gasteiger partial charge in [-0.3, -0.25) is 23.4 Å². The number of benzene rings is 2. The van der Waals surface area contributed by atoms with Gasteiger partial charge in [0, 0.05) is 207 Å². The van der Waals surface area contributed by atoms with Crippen LogP contribution in [0.15, 0.2) is 214 Å². The first-order chi connectivity index (χ1) is 70.4. The molecule has 20 aromatic rings. The highest BCUT2D eigenvalue weighted by Crippen LogP contribution is 2.40. The minimum atomic E-state index is -0.308. The average molecular weight is 1940 g/mol. The van der Waals surface area contributed by atoms with Crippen LogP contribution in [0.3, 0.4) is 0 Å². The Bertz CT molecular complexity index is 7720. The van der Waals surface area contributed by atoms with Crippen LogP contribution in [0, 0.1) is 12.7 Å². The Morgan fingerprint density at radius 2 is 0.632 bits per heavy atom. The fraction of sp³-hybridized carbons (Fsp3) is 0.314. The molecule has 18 aromatic heterocycles. The molecule has 0 spiro atoms. The zero-order chi connectivity index (χ0) is 98.6. The Morgan fingerprint density at radius 1 is 0.312 bits per heavy atom. The lowest BCUT2D eigenvalue weighted by molar-refractivity contribution is 0.0980. The number of aryl methyl sites for hydroxylation is 6. The highest BCUT2D eigenvalue weighted by atomic mass is 19.1. The molecular weight excluding hydrogens is 1820 g/mol. The summed E-state index contributed by atoms with van der Waals surface area (Å²) in [7, 11) is 5.74. The van der Waals surface area contributed by atoms with Crippen molar-refractivity contribution < 1.29 is 28.1 Å². The standard InChI is InChI=1S/C22H24N6O.C21H21FN6O.2C21H23N7O.C20H21N7O/c1-3-28-21(8-10-24-28)20-13-19(16-5-4-6-18-17(16)7-9-23-18)25-22(26-20)27-11-12-29-14-15(27)2;1-13-12-29-8-7-28(13)21-25-18(11-19(26-21)20-4-6-24-27(20)2)16-9-14(22)10-17-15(16)3-5-23-17;1-13-11-24-27(3)19(13)18-10-17(15-4-6-22-20-16(15)5-7-23-20)25-21(26-18)28-8-9-29-12-14(28)2;1-3-28-19(6-9-24-28)18-12-17(15-4-7-22-20-16(15)5-8-23-20)25-21(26-18)27-10-11-29-13-14(27)2;1-13-12-28-10-9-27(13)20-24-16(11-17(25-20)18-5-8-23-26(18)2)14-3-6-21-19-15(14)4-7-22-19/h4-10,13,15,23H,3,11-12,14H2,1-2H3;3-6,9-11,13,23H,7-8,12H2,1-2H3;4-7,10-11,14H,8-9,12H2,1-3H3,(H,22,23);4-9,12,14H,3,10-11,13H2,1-2H3,(H,22,23);3-8,11,13H,9-10,12H2,1-2H3,(H,21,22)/t15-;13-;2*14-;13-/m11111/s1. The summed E-state index contributed by atoms with van der Waals surface area (Å²) in [6.07, 6.45) is 23.9. The minimum absolute atomic E-state index is 0.151. The van der Waals surface area contributed by atoms with Gasteiger partial charge in [-0.05, 0) is 182 Å². The number of H-pyrrole nitrogens is 5. The predicted octanol–water partition coefficient (Wildman–Crippen LogP) is 15.9. The minimum Gasteiger partial charge on any atom is -0.377 e. The number of fused-ring (bicyclic) bond motifs is 5. The van der Waals surface area contributed by atoms with Crippen LogP contribution in [-0.2, 0) is 57.9 Å². The van der Waals surface area contributed by atoms with Crippen LogP contribution in [0.2, 0.25) is 0 Å². The van der Waals surface area contributed by atoms with Gasteiger partial charge in [0.15, 0.2) is 0 Å². The van der Waals surface area contributed by atoms with Gasteiger partial charge in [-0.15, -0.1) is 0 Å². The maximum Gasteiger partial charge on any atom is 0.226 e. The Balaban J connectivity index is 0.000000106. The van der Waals surface area contributed by atoms with Crippen LogP contribution < -0.4 is 24.5 Å². The zero-order valence-corrected chi connectivity index (χ0v) is 82.1. The molecule has 0 amide bonds. The lowest BCUT2D eigenvalue weighted by atomic mass is 10.1. The molecule has 25 rings (SSSR count). The fourth-order valence-electron chi connectivity index (χ4n) is 19.2. The van der Waals surface area contributed by atoms with Crippen molar-refractivity contribution in [3.63, 3.8) is 0 Å². The quantitative estimate of drug-likeness (QED) is 0.0565. The molecular formula is C105H112FN33O5. The number of aromatic nitrogens is 28. The SMILES string of the molecule is CCn1nccc1-c1cc(-c2cccc3[nH]ccc23)nc(N2CCOC[C@H]2C)n1.CCn1nccc1-c1cc(-c2ccnc3[nH]ccc23)nc(N2CCOC[C@H]2C)n1.C[C@@H]1COCCN1c1nc(-c2cc(F)cc3[nH]ccc23)cc(-c2ccnn2C)n1.C[C@@H]1COCCN1c1nc(-c2ccnc3[nH]ccc23)cc(-c2ccnn2C)n1.Cc1cnn(C)c1-c1cc(-c2ccnc3[nH]ccc23)nc(N2CCOC[C@H]2C)n1. The summed E-state index contributed by atoms with van der Waals surface area (Å²) in [4.78, 5) is 89.3. The van der Waals surface area contributed by atoms with Crippen molar-refractivity contribution in [1.82, 2.24) is 139 Å². The topological polar surface area (TPSA) is 398 Å². The van der Waals surface area contributed by atoms with Gasteiger partial charge in [0.25, 0.3) is 0 Å². The molecule has 5 aliphatic rings. The number of rotatable bonds is 17. The average Bonchev–Trinajstić information content (AvgIpc) is 1.54. The molecule has 734 valence electrons. The van der Waals surface area contributed by atoms with Crippen LogP contribution in [0.1, 0.15) is 54.0 Å². The van der Waals surface area contributed by atoms with Gasteiger partial charge in [-0.25, -0.2) is 69.2 Å². The summed E-state index contributed by atoms with van der Waals surface area (Å²) in [5.74, 6) is 3.20. The number of hydrogen-bond acceptors (Lipinski definition) is 28. The van der Waals surface area contributed by atoms with Gasteiger partial charge in [0.1, 0.15) is 22.8 Å². The van der Waals surface area contributed by atoms with E-state index in [0.29, 0.717) is 90.2 Å². The van der Waals surface area contributed by atoms with Crippen molar-refractivity contribution in [1.29, 1.82) is 0 Å². The summed E-state index contributed by atoms with van der Waals surface area (Å²) in [5, 5.41) is 27.0. The molecule has 39 heteroatoms. The van der Waals surface area contributed by atoms with Crippen molar-refractivity contribution in [2.45, 2.75) is 98.7 Å². The molecule has 0 radical (unpaired) electrons. The Labute approximate surface area is 828 Å². The van der Waals surface area contributed by atoms with E-state index in [4.69, 9.17) is 73.5 Å². The Hall–Kier alpha value is -16.2. The number of nitrogens with one attached hydrogen (secondary N) is 5. The van der Waals surface area contributed by atoms with Gasteiger partial charge in [-0.1, -0.05) is 12.1 Å². The van der Waals surface area contributed by atoms with E-state index in [2.05, 4.69) is 176 Å². The van der Waals surface area contributed by atoms with Gasteiger partial charge >= 0.3 is 0 Å². The largest absolute Gasteiger partial charge is 0.377 e. The van der Waals surface area contributed by atoms with Crippen molar-refractivity contribution in [2.75, 3.05) is 123 Å². The van der Waals surface area contributed by atoms with E-state index in [9.17, 15) is 4.39 Å². The van der Waals surface area contributed by atoms with E-state index in [1.54, 1.807) is 23.3 Å². The molecule has 144 heavy (non-hydrogen) atoms. The highest BCUT2D eigenvalue weighted by molar-refractivity contribution is 5.98. The molecule has 0 bridgehead atoms. The van der Waals surface area contributed by atoms with Crippen LogP contribution in [0.25, 0.3) is 168 Å². The maximum atomic E-state index is 14.3. The van der Waals surface area contributed by atoms with E-state index in [0.717, 1.165) is 225 Å². The molecule has 0 saturated carbocycles. The van der Waals surface area contributed by atoms with Crippen LogP contribution >= 0.6 is 0 Å². The monoisotopic (exact) mass is 1930 g/mol. The molecule has 23 heterocycles. The number of aromatic amines is 5. The fourth-order valence-corrected chi connectivity index (χ4v) is 19.2. The number of morpholine rings is 5. The summed E-state index contributed by atoms with van der Waals surface area (Å²) in [5.41, 5.74) is 23.6. The van der Waals surface area contributed by atoms with Crippen molar-refractivity contribution in [3.05, 3.63) is 225 Å². The van der Waals surface area contributed by atoms with Gasteiger partial charge in [0.05, 0.1) is 188 Å². The number of ether oxygens (including phenoxy) is 5. The second-order valence-electron chi connectivity index (χ2n) is 36.3. The van der Waals surface area contributed by atoms with Crippen molar-refractivity contribution in [3.8, 4) is 113 Å². The van der Waals surface area contributed by atoms with Crippen molar-refractivity contribution >= 4 is 84.6 Å². The van der Waals surface area contributed by atoms with Gasteiger partial charge < -0.3 is 73.1 Å².